The second-order valence-corrected chi connectivity index (χ2v) is 4.16. The quantitative estimate of drug-likeness (QED) is 0.800. The molecule has 0 saturated heterocycles. The van der Waals surface area contributed by atoms with Crippen molar-refractivity contribution < 1.29 is 14.3 Å². The van der Waals surface area contributed by atoms with Crippen molar-refractivity contribution in [2.75, 3.05) is 13.7 Å². The molecule has 1 aliphatic rings. The van der Waals surface area contributed by atoms with E-state index < -0.39 is 0 Å². The predicted octanol–water partition coefficient (Wildman–Crippen LogP) is 1.23. The third-order valence-corrected chi connectivity index (χ3v) is 3.10. The Morgan fingerprint density at radius 1 is 1.53 bits per heavy atom. The summed E-state index contributed by atoms with van der Waals surface area (Å²) in [7, 11) is 1.39. The first-order valence-electron chi connectivity index (χ1n) is 5.76. The number of methoxy groups -OCH3 is 1. The minimum Gasteiger partial charge on any atom is -0.494 e. The summed E-state index contributed by atoms with van der Waals surface area (Å²) in [5.74, 6) is 0.134. The second-order valence-electron chi connectivity index (χ2n) is 4.16. The summed E-state index contributed by atoms with van der Waals surface area (Å²) < 4.78 is 10.2. The lowest BCUT2D eigenvalue weighted by molar-refractivity contribution is -0.142. The van der Waals surface area contributed by atoms with Crippen LogP contribution < -0.4 is 10.5 Å². The highest BCUT2D eigenvalue weighted by Crippen LogP contribution is 2.35. The Bertz CT molecular complexity index is 431. The molecule has 0 aliphatic heterocycles. The van der Waals surface area contributed by atoms with Crippen LogP contribution in [0, 0.1) is 0 Å². The first-order chi connectivity index (χ1) is 8.17. The molecular weight excluding hydrogens is 218 g/mol. The van der Waals surface area contributed by atoms with Crippen molar-refractivity contribution >= 4 is 5.97 Å². The molecule has 17 heavy (non-hydrogen) atoms. The molecule has 2 atom stereocenters. The van der Waals surface area contributed by atoms with Crippen molar-refractivity contribution in [1.29, 1.82) is 0 Å². The number of carbonyl (C=O) groups is 1. The van der Waals surface area contributed by atoms with Crippen molar-refractivity contribution in [2.45, 2.75) is 25.3 Å². The number of nitrogens with two attached hydrogens (primary N) is 1. The fraction of sp³-hybridized carbons (Fsp3) is 0.462. The first kappa shape index (κ1) is 11.9. The zero-order valence-corrected chi connectivity index (χ0v) is 10.1. The molecule has 2 rings (SSSR count). The van der Waals surface area contributed by atoms with Gasteiger partial charge in [0.25, 0.3) is 0 Å². The summed E-state index contributed by atoms with van der Waals surface area (Å²) in [6.45, 7) is 2.53. The number of benzene rings is 1. The minimum absolute atomic E-state index is 0.200. The van der Waals surface area contributed by atoms with E-state index in [2.05, 4.69) is 0 Å². The molecular formula is C13H17NO3. The summed E-state index contributed by atoms with van der Waals surface area (Å²) in [6, 6.07) is 5.58. The molecule has 4 nitrogen and oxygen atoms in total. The molecule has 0 radical (unpaired) electrons. The maximum Gasteiger partial charge on any atom is 0.314 e. The zero-order valence-electron chi connectivity index (χ0n) is 10.1. The van der Waals surface area contributed by atoms with Gasteiger partial charge >= 0.3 is 5.97 Å². The van der Waals surface area contributed by atoms with Crippen LogP contribution in [0.4, 0.5) is 0 Å². The van der Waals surface area contributed by atoms with Gasteiger partial charge in [0.15, 0.2) is 0 Å². The highest BCUT2D eigenvalue weighted by molar-refractivity contribution is 5.81. The normalized spacial score (nSPS) is 22.1. The third-order valence-electron chi connectivity index (χ3n) is 3.10. The average molecular weight is 235 g/mol. The molecule has 1 aliphatic carbocycles. The summed E-state index contributed by atoms with van der Waals surface area (Å²) in [4.78, 5) is 11.7. The summed E-state index contributed by atoms with van der Waals surface area (Å²) in [5, 5.41) is 0. The predicted molar refractivity (Wildman–Crippen MR) is 64.0 cm³/mol. The van der Waals surface area contributed by atoms with Crippen LogP contribution in [0.25, 0.3) is 0 Å². The number of ether oxygens (including phenoxy) is 2. The largest absolute Gasteiger partial charge is 0.494 e. The second kappa shape index (κ2) is 4.75. The van der Waals surface area contributed by atoms with Crippen LogP contribution >= 0.6 is 0 Å². The Balaban J connectivity index is 2.35. The van der Waals surface area contributed by atoms with E-state index >= 15 is 0 Å². The van der Waals surface area contributed by atoms with Gasteiger partial charge < -0.3 is 15.2 Å². The number of rotatable bonds is 3. The smallest absolute Gasteiger partial charge is 0.314 e. The number of hydrogen-bond acceptors (Lipinski definition) is 4. The highest BCUT2D eigenvalue weighted by Gasteiger charge is 2.36. The van der Waals surface area contributed by atoms with E-state index in [1.807, 2.05) is 25.1 Å². The Morgan fingerprint density at radius 2 is 2.29 bits per heavy atom. The summed E-state index contributed by atoms with van der Waals surface area (Å²) in [6.07, 6.45) is 0.710. The topological polar surface area (TPSA) is 61.5 Å². The number of esters is 1. The Morgan fingerprint density at radius 3 is 2.94 bits per heavy atom. The van der Waals surface area contributed by atoms with E-state index in [4.69, 9.17) is 15.2 Å². The molecule has 1 aromatic rings. The van der Waals surface area contributed by atoms with Crippen LogP contribution in [0.15, 0.2) is 18.2 Å². The van der Waals surface area contributed by atoms with Crippen LogP contribution in [0.2, 0.25) is 0 Å². The molecule has 0 aromatic heterocycles. The molecule has 2 N–H and O–H groups in total. The Kier molecular flexibility index (Phi) is 3.33. The Labute approximate surface area is 101 Å². The average Bonchev–Trinajstić information content (AvgIpc) is 2.64. The minimum atomic E-state index is -0.365. The van der Waals surface area contributed by atoms with Gasteiger partial charge in [-0.2, -0.15) is 0 Å². The fourth-order valence-electron chi connectivity index (χ4n) is 2.34. The molecule has 0 spiro atoms. The number of carbonyl (C=O) groups excluding carboxylic acids is 1. The molecule has 0 heterocycles. The van der Waals surface area contributed by atoms with Gasteiger partial charge in [-0.3, -0.25) is 4.79 Å². The highest BCUT2D eigenvalue weighted by atomic mass is 16.5. The molecule has 0 bridgehead atoms. The lowest BCUT2D eigenvalue weighted by Gasteiger charge is -2.14. The maximum absolute atomic E-state index is 11.7. The van der Waals surface area contributed by atoms with E-state index in [1.54, 1.807) is 0 Å². The Hall–Kier alpha value is -1.55. The van der Waals surface area contributed by atoms with Crippen LogP contribution in [-0.2, 0) is 16.0 Å². The number of fused-ring (bicyclic) bond motifs is 1. The van der Waals surface area contributed by atoms with Crippen molar-refractivity contribution in [3.8, 4) is 5.75 Å². The van der Waals surface area contributed by atoms with Gasteiger partial charge in [-0.25, -0.2) is 0 Å². The van der Waals surface area contributed by atoms with Crippen molar-refractivity contribution in [1.82, 2.24) is 0 Å². The van der Waals surface area contributed by atoms with E-state index in [0.717, 1.165) is 16.9 Å². The lowest BCUT2D eigenvalue weighted by Crippen LogP contribution is -2.31. The lowest BCUT2D eigenvalue weighted by atomic mass is 9.99. The summed E-state index contributed by atoms with van der Waals surface area (Å²) in [5.41, 5.74) is 8.04. The van der Waals surface area contributed by atoms with Crippen molar-refractivity contribution in [3.05, 3.63) is 29.3 Å². The molecule has 92 valence electrons. The molecule has 0 saturated carbocycles. The fourth-order valence-corrected chi connectivity index (χ4v) is 2.34. The van der Waals surface area contributed by atoms with Crippen LogP contribution in [-0.4, -0.2) is 25.7 Å². The van der Waals surface area contributed by atoms with Gasteiger partial charge in [0.2, 0.25) is 0 Å². The monoisotopic (exact) mass is 235 g/mol. The van der Waals surface area contributed by atoms with E-state index in [-0.39, 0.29) is 17.9 Å². The molecule has 0 fully saturated rings. The van der Waals surface area contributed by atoms with E-state index in [1.165, 1.54) is 7.11 Å². The summed E-state index contributed by atoms with van der Waals surface area (Å²) >= 11 is 0. The van der Waals surface area contributed by atoms with Gasteiger partial charge in [-0.05, 0) is 36.6 Å². The maximum atomic E-state index is 11.7. The van der Waals surface area contributed by atoms with Crippen LogP contribution in [0.1, 0.15) is 24.0 Å². The van der Waals surface area contributed by atoms with E-state index in [0.29, 0.717) is 13.0 Å². The molecule has 4 heteroatoms. The van der Waals surface area contributed by atoms with Crippen molar-refractivity contribution in [3.63, 3.8) is 0 Å². The number of hydrogen-bond donors (Lipinski definition) is 1. The van der Waals surface area contributed by atoms with Gasteiger partial charge in [-0.15, -0.1) is 0 Å². The van der Waals surface area contributed by atoms with E-state index in [9.17, 15) is 4.79 Å². The SMILES string of the molecule is CCOc1ccc2c(c1)C(C(=O)OC)C(N)C2. The van der Waals surface area contributed by atoms with Crippen molar-refractivity contribution in [2.24, 2.45) is 5.73 Å². The van der Waals surface area contributed by atoms with Crippen LogP contribution in [0.5, 0.6) is 5.75 Å². The molecule has 2 unspecified atom stereocenters. The van der Waals surface area contributed by atoms with Crippen LogP contribution in [0.3, 0.4) is 0 Å². The first-order valence-corrected chi connectivity index (χ1v) is 5.76. The van der Waals surface area contributed by atoms with Gasteiger partial charge in [0.05, 0.1) is 19.6 Å². The molecule has 0 amide bonds. The molecule has 1 aromatic carbocycles. The van der Waals surface area contributed by atoms with Gasteiger partial charge in [0.1, 0.15) is 5.75 Å². The van der Waals surface area contributed by atoms with Gasteiger partial charge in [0, 0.05) is 6.04 Å². The standard InChI is InChI=1S/C13H17NO3/c1-3-17-9-5-4-8-6-11(14)12(10(8)7-9)13(15)16-2/h4-5,7,11-12H,3,6,14H2,1-2H3. The zero-order chi connectivity index (χ0) is 12.4. The van der Waals surface area contributed by atoms with Gasteiger partial charge in [-0.1, -0.05) is 6.07 Å². The third kappa shape index (κ3) is 2.13.